The number of anilines is 1. The summed E-state index contributed by atoms with van der Waals surface area (Å²) in [5.74, 6) is -0.123. The number of hydrogen-bond acceptors (Lipinski definition) is 5. The van der Waals surface area contributed by atoms with Gasteiger partial charge in [-0.25, -0.2) is 4.79 Å². The number of aromatic nitrogens is 2. The summed E-state index contributed by atoms with van der Waals surface area (Å²) < 4.78 is 36.0. The van der Waals surface area contributed by atoms with Crippen LogP contribution in [0.25, 0.3) is 0 Å². The van der Waals surface area contributed by atoms with E-state index >= 15 is 0 Å². The molecule has 1 aromatic carbocycles. The number of nitrogens with one attached hydrogen (secondary N) is 2. The Bertz CT molecular complexity index is 971. The van der Waals surface area contributed by atoms with E-state index in [1.54, 1.807) is 26.8 Å². The fourth-order valence-electron chi connectivity index (χ4n) is 2.63. The molecule has 0 spiro atoms. The van der Waals surface area contributed by atoms with E-state index in [0.29, 0.717) is 5.56 Å². The van der Waals surface area contributed by atoms with Gasteiger partial charge < -0.3 is 14.8 Å². The number of benzene rings is 1. The van der Waals surface area contributed by atoms with Gasteiger partial charge in [-0.3, -0.25) is 14.3 Å². The van der Waals surface area contributed by atoms with Crippen molar-refractivity contribution in [2.75, 3.05) is 5.32 Å². The summed E-state index contributed by atoms with van der Waals surface area (Å²) in [5, 5.41) is 2.73. The molecule has 0 radical (unpaired) electrons. The van der Waals surface area contributed by atoms with Gasteiger partial charge in [-0.1, -0.05) is 17.7 Å². The van der Waals surface area contributed by atoms with Crippen molar-refractivity contribution in [1.29, 1.82) is 0 Å². The Morgan fingerprint density at radius 2 is 1.85 bits per heavy atom. The molecule has 0 fully saturated rings. The highest BCUT2D eigenvalue weighted by Gasteiger charge is 2.43. The molecule has 1 aliphatic heterocycles. The molecule has 2 N–H and O–H groups in total. The molecule has 0 bridgehead atoms. The number of ether oxygens (including phenoxy) is 2. The number of fused-ring (bicyclic) bond motifs is 1. The van der Waals surface area contributed by atoms with E-state index in [9.17, 15) is 18.4 Å². The number of alkyl halides is 2. The molecule has 0 unspecified atom stereocenters. The van der Waals surface area contributed by atoms with Crippen LogP contribution < -0.4 is 26.0 Å². The first-order valence-corrected chi connectivity index (χ1v) is 8.17. The second-order valence-corrected chi connectivity index (χ2v) is 6.51. The van der Waals surface area contributed by atoms with E-state index < -0.39 is 23.6 Å². The predicted molar refractivity (Wildman–Crippen MR) is 91.4 cm³/mol. The molecule has 1 aromatic heterocycles. The second kappa shape index (κ2) is 6.31. The summed E-state index contributed by atoms with van der Waals surface area (Å²) in [4.78, 5) is 26.9. The summed E-state index contributed by atoms with van der Waals surface area (Å²) in [6.45, 7) is 5.08. The maximum atomic E-state index is 13.1. The molecule has 0 saturated carbocycles. The van der Waals surface area contributed by atoms with Crippen LogP contribution in [0, 0.1) is 0 Å². The molecule has 140 valence electrons. The summed E-state index contributed by atoms with van der Waals surface area (Å²) in [6.07, 6.45) is -3.70. The van der Waals surface area contributed by atoms with Gasteiger partial charge in [-0.2, -0.15) is 0 Å². The van der Waals surface area contributed by atoms with E-state index in [-0.39, 0.29) is 28.4 Å². The molecule has 7 nitrogen and oxygen atoms in total. The average molecular weight is 388 g/mol. The Hall–Kier alpha value is -2.55. The van der Waals surface area contributed by atoms with E-state index in [2.05, 4.69) is 19.8 Å². The Balaban J connectivity index is 1.89. The van der Waals surface area contributed by atoms with Crippen molar-refractivity contribution in [2.45, 2.75) is 39.1 Å². The van der Waals surface area contributed by atoms with Crippen molar-refractivity contribution in [3.8, 4) is 11.5 Å². The number of halogens is 3. The van der Waals surface area contributed by atoms with Crippen LogP contribution >= 0.6 is 11.6 Å². The van der Waals surface area contributed by atoms with Gasteiger partial charge >= 0.3 is 12.0 Å². The third-order valence-electron chi connectivity index (χ3n) is 3.88. The molecular weight excluding hydrogens is 372 g/mol. The van der Waals surface area contributed by atoms with Gasteiger partial charge in [0.25, 0.3) is 5.56 Å². The van der Waals surface area contributed by atoms with Crippen molar-refractivity contribution in [2.24, 2.45) is 0 Å². The van der Waals surface area contributed by atoms with Crippen LogP contribution in [-0.2, 0) is 0 Å². The highest BCUT2D eigenvalue weighted by Crippen LogP contribution is 2.42. The Morgan fingerprint density at radius 3 is 2.50 bits per heavy atom. The first-order chi connectivity index (χ1) is 12.1. The zero-order valence-electron chi connectivity index (χ0n) is 14.1. The fourth-order valence-corrected chi connectivity index (χ4v) is 2.82. The molecule has 0 saturated heterocycles. The third kappa shape index (κ3) is 3.26. The average Bonchev–Trinajstić information content (AvgIpc) is 2.84. The first kappa shape index (κ1) is 18.2. The lowest BCUT2D eigenvalue weighted by Crippen LogP contribution is -2.37. The Kier molecular flexibility index (Phi) is 4.43. The number of rotatable bonds is 4. The minimum absolute atomic E-state index is 0.0501. The van der Waals surface area contributed by atoms with Crippen LogP contribution in [0.4, 0.5) is 14.6 Å². The molecule has 2 heterocycles. The highest BCUT2D eigenvalue weighted by atomic mass is 35.5. The van der Waals surface area contributed by atoms with Crippen molar-refractivity contribution in [3.05, 3.63) is 49.6 Å². The fraction of sp³-hybridized carbons (Fsp3) is 0.375. The molecule has 3 rings (SSSR count). The maximum absolute atomic E-state index is 13.1. The summed E-state index contributed by atoms with van der Waals surface area (Å²) >= 11 is 6.07. The largest absolute Gasteiger partial charge is 0.586 e. The lowest BCUT2D eigenvalue weighted by Gasteiger charge is -2.18. The summed E-state index contributed by atoms with van der Waals surface area (Å²) in [6, 6.07) is 3.47. The topological polar surface area (TPSA) is 85.3 Å². The van der Waals surface area contributed by atoms with Gasteiger partial charge in [0.15, 0.2) is 11.5 Å². The van der Waals surface area contributed by atoms with Gasteiger partial charge in [-0.05, 0) is 38.5 Å². The SMILES string of the molecule is CC(C)n1c(=O)[nH]c(N[C@@H](C)c2ccc3c(c2)OC(F)(F)O3)c(Cl)c1=O. The van der Waals surface area contributed by atoms with Crippen molar-refractivity contribution < 1.29 is 18.3 Å². The molecule has 2 aromatic rings. The smallest absolute Gasteiger partial charge is 0.395 e. The van der Waals surface area contributed by atoms with E-state index in [0.717, 1.165) is 4.57 Å². The van der Waals surface area contributed by atoms with Gasteiger partial charge in [0.1, 0.15) is 10.8 Å². The minimum Gasteiger partial charge on any atom is -0.395 e. The number of nitrogens with zero attached hydrogens (tertiary/aromatic N) is 1. The van der Waals surface area contributed by atoms with E-state index in [1.165, 1.54) is 12.1 Å². The zero-order valence-corrected chi connectivity index (χ0v) is 14.9. The normalized spacial score (nSPS) is 16.0. The lowest BCUT2D eigenvalue weighted by molar-refractivity contribution is -0.286. The van der Waals surface area contributed by atoms with Gasteiger partial charge in [0, 0.05) is 6.04 Å². The molecule has 1 aliphatic rings. The highest BCUT2D eigenvalue weighted by molar-refractivity contribution is 6.32. The molecule has 0 amide bonds. The summed E-state index contributed by atoms with van der Waals surface area (Å²) in [7, 11) is 0. The molecule has 26 heavy (non-hydrogen) atoms. The molecule has 0 aliphatic carbocycles. The Morgan fingerprint density at radius 1 is 1.19 bits per heavy atom. The maximum Gasteiger partial charge on any atom is 0.586 e. The molecular formula is C16H16ClF2N3O4. The molecule has 10 heteroatoms. The monoisotopic (exact) mass is 387 g/mol. The van der Waals surface area contributed by atoms with Crippen LogP contribution in [0.5, 0.6) is 11.5 Å². The number of hydrogen-bond donors (Lipinski definition) is 2. The quantitative estimate of drug-likeness (QED) is 0.841. The lowest BCUT2D eigenvalue weighted by atomic mass is 10.1. The van der Waals surface area contributed by atoms with Crippen molar-refractivity contribution >= 4 is 17.4 Å². The Labute approximate surface area is 151 Å². The van der Waals surface area contributed by atoms with Gasteiger partial charge in [0.05, 0.1) is 6.04 Å². The van der Waals surface area contributed by atoms with Crippen LogP contribution in [0.1, 0.15) is 38.4 Å². The standard InChI is InChI=1S/C16H16ClF2N3O4/c1-7(2)22-14(23)12(17)13(21-15(22)24)20-8(3)9-4-5-10-11(6-9)26-16(18,19)25-10/h4-8,20H,1-3H3,(H,21,24)/t8-/m0/s1. The molecule has 1 atom stereocenters. The minimum atomic E-state index is -3.70. The second-order valence-electron chi connectivity index (χ2n) is 6.13. The zero-order chi connectivity index (χ0) is 19.2. The van der Waals surface area contributed by atoms with Crippen molar-refractivity contribution in [3.63, 3.8) is 0 Å². The predicted octanol–water partition coefficient (Wildman–Crippen LogP) is 3.27. The number of H-pyrrole nitrogens is 1. The number of aromatic amines is 1. The van der Waals surface area contributed by atoms with Gasteiger partial charge in [-0.15, -0.1) is 8.78 Å². The van der Waals surface area contributed by atoms with Crippen LogP contribution in [-0.4, -0.2) is 15.8 Å². The summed E-state index contributed by atoms with van der Waals surface area (Å²) in [5.41, 5.74) is -0.658. The van der Waals surface area contributed by atoms with Crippen molar-refractivity contribution in [1.82, 2.24) is 9.55 Å². The first-order valence-electron chi connectivity index (χ1n) is 7.79. The van der Waals surface area contributed by atoms with Gasteiger partial charge in [0.2, 0.25) is 0 Å². The van der Waals surface area contributed by atoms with E-state index in [4.69, 9.17) is 11.6 Å². The van der Waals surface area contributed by atoms with Crippen LogP contribution in [0.2, 0.25) is 5.02 Å². The van der Waals surface area contributed by atoms with E-state index in [1.807, 2.05) is 0 Å². The third-order valence-corrected chi connectivity index (χ3v) is 4.23. The van der Waals surface area contributed by atoms with Crippen LogP contribution in [0.3, 0.4) is 0 Å². The van der Waals surface area contributed by atoms with Crippen LogP contribution in [0.15, 0.2) is 27.8 Å².